The highest BCUT2D eigenvalue weighted by molar-refractivity contribution is 9.10. The largest absolute Gasteiger partial charge is 0.468 e. The third-order valence-corrected chi connectivity index (χ3v) is 5.17. The Morgan fingerprint density at radius 1 is 1.14 bits per heavy atom. The van der Waals surface area contributed by atoms with E-state index in [-0.39, 0.29) is 17.9 Å². The lowest BCUT2D eigenvalue weighted by atomic mass is 9.99. The van der Waals surface area contributed by atoms with Crippen molar-refractivity contribution in [3.63, 3.8) is 0 Å². The second-order valence-corrected chi connectivity index (χ2v) is 8.26. The number of fused-ring (bicyclic) bond motifs is 3. The Balaban J connectivity index is 2.03. The summed E-state index contributed by atoms with van der Waals surface area (Å²) < 4.78 is 52.9. The third kappa shape index (κ3) is 4.75. The number of methoxy groups -OCH3 is 1. The van der Waals surface area contributed by atoms with Crippen molar-refractivity contribution < 1.29 is 27.1 Å². The predicted molar refractivity (Wildman–Crippen MR) is 109 cm³/mol. The zero-order chi connectivity index (χ0) is 21.3. The molecular weight excluding hydrogens is 451 g/mol. The summed E-state index contributed by atoms with van der Waals surface area (Å²) in [6.45, 7) is 3.66. The molecule has 2 atom stereocenters. The Morgan fingerprint density at radius 3 is 2.48 bits per heavy atom. The first kappa shape index (κ1) is 21.6. The van der Waals surface area contributed by atoms with Crippen LogP contribution in [0.2, 0.25) is 0 Å². The normalized spacial score (nSPS) is 14.5. The van der Waals surface area contributed by atoms with Gasteiger partial charge in [0.2, 0.25) is 0 Å². The van der Waals surface area contributed by atoms with E-state index in [1.165, 1.54) is 19.2 Å². The average molecular weight is 472 g/mol. The van der Waals surface area contributed by atoms with Crippen LogP contribution in [-0.4, -0.2) is 25.3 Å². The predicted octanol–water partition coefficient (Wildman–Crippen LogP) is 6.13. The van der Waals surface area contributed by atoms with Crippen molar-refractivity contribution in [1.82, 2.24) is 5.32 Å². The molecule has 0 amide bonds. The Morgan fingerprint density at radius 2 is 1.86 bits per heavy atom. The zero-order valence-corrected chi connectivity index (χ0v) is 17.7. The summed E-state index contributed by atoms with van der Waals surface area (Å²) in [6, 6.07) is 6.71. The van der Waals surface area contributed by atoms with Crippen LogP contribution < -0.4 is 5.32 Å². The molecule has 1 N–H and O–H groups in total. The number of carbonyl (C=O) groups is 1. The van der Waals surface area contributed by atoms with Gasteiger partial charge in [-0.3, -0.25) is 10.1 Å². The maximum absolute atomic E-state index is 13.9. The molecule has 1 unspecified atom stereocenters. The molecule has 0 radical (unpaired) electrons. The topological polar surface area (TPSA) is 51.5 Å². The standard InChI is InChI=1S/C21H21BrF3NO3/c1-11(2)8-16(20(27)28-3)26-19(21(23,24)25)12-4-6-14-15-10-13(22)5-7-17(15)29-18(14)9-12/h4-7,9-11,16,19,26H,8H2,1-3H3/t16-,19?/m1/s1. The van der Waals surface area contributed by atoms with Crippen molar-refractivity contribution in [1.29, 1.82) is 0 Å². The van der Waals surface area contributed by atoms with Gasteiger partial charge >= 0.3 is 12.1 Å². The summed E-state index contributed by atoms with van der Waals surface area (Å²) in [4.78, 5) is 12.0. The molecule has 1 heterocycles. The Hall–Kier alpha value is -2.06. The molecule has 0 aliphatic heterocycles. The van der Waals surface area contributed by atoms with Crippen LogP contribution in [0.4, 0.5) is 13.2 Å². The number of carbonyl (C=O) groups excluding carboxylic acids is 1. The van der Waals surface area contributed by atoms with Crippen molar-refractivity contribution in [2.75, 3.05) is 7.11 Å². The lowest BCUT2D eigenvalue weighted by Gasteiger charge is -2.27. The molecule has 4 nitrogen and oxygen atoms in total. The molecule has 0 bridgehead atoms. The average Bonchev–Trinajstić information content (AvgIpc) is 3.00. The highest BCUT2D eigenvalue weighted by Gasteiger charge is 2.43. The highest BCUT2D eigenvalue weighted by Crippen LogP contribution is 2.37. The minimum atomic E-state index is -4.61. The molecule has 29 heavy (non-hydrogen) atoms. The van der Waals surface area contributed by atoms with E-state index < -0.39 is 24.2 Å². The number of alkyl halides is 3. The highest BCUT2D eigenvalue weighted by atomic mass is 79.9. The maximum Gasteiger partial charge on any atom is 0.407 e. The van der Waals surface area contributed by atoms with Crippen LogP contribution in [0.15, 0.2) is 45.3 Å². The summed E-state index contributed by atoms with van der Waals surface area (Å²) >= 11 is 3.39. The summed E-state index contributed by atoms with van der Waals surface area (Å²) in [5.41, 5.74) is 0.912. The van der Waals surface area contributed by atoms with Gasteiger partial charge in [0.25, 0.3) is 0 Å². The minimum absolute atomic E-state index is 0.0109. The van der Waals surface area contributed by atoms with Crippen LogP contribution in [0.3, 0.4) is 0 Å². The van der Waals surface area contributed by atoms with Crippen molar-refractivity contribution in [3.8, 4) is 0 Å². The van der Waals surface area contributed by atoms with Gasteiger partial charge in [0.1, 0.15) is 23.2 Å². The van der Waals surface area contributed by atoms with Gasteiger partial charge in [-0.1, -0.05) is 41.9 Å². The molecule has 0 fully saturated rings. The first-order chi connectivity index (χ1) is 13.6. The molecule has 0 spiro atoms. The van der Waals surface area contributed by atoms with Crippen LogP contribution in [0, 0.1) is 5.92 Å². The van der Waals surface area contributed by atoms with Gasteiger partial charge in [-0.2, -0.15) is 13.2 Å². The van der Waals surface area contributed by atoms with E-state index in [1.54, 1.807) is 18.2 Å². The second-order valence-electron chi connectivity index (χ2n) is 7.34. The first-order valence-electron chi connectivity index (χ1n) is 9.12. The van der Waals surface area contributed by atoms with Crippen molar-refractivity contribution in [2.24, 2.45) is 5.92 Å². The number of hydrogen-bond acceptors (Lipinski definition) is 4. The Bertz CT molecular complexity index is 1030. The number of furan rings is 1. The van der Waals surface area contributed by atoms with Crippen LogP contribution in [0.25, 0.3) is 21.9 Å². The fourth-order valence-corrected chi connectivity index (χ4v) is 3.73. The van der Waals surface area contributed by atoms with Gasteiger partial charge in [0.15, 0.2) is 0 Å². The van der Waals surface area contributed by atoms with Gasteiger partial charge in [-0.05, 0) is 42.2 Å². The van der Waals surface area contributed by atoms with E-state index in [0.717, 1.165) is 15.2 Å². The summed E-state index contributed by atoms with van der Waals surface area (Å²) in [5.74, 6) is -0.709. The monoisotopic (exact) mass is 471 g/mol. The minimum Gasteiger partial charge on any atom is -0.468 e. The number of esters is 1. The number of rotatable bonds is 6. The van der Waals surface area contributed by atoms with Crippen LogP contribution in [-0.2, 0) is 9.53 Å². The molecule has 8 heteroatoms. The third-order valence-electron chi connectivity index (χ3n) is 4.68. The molecule has 0 aliphatic rings. The van der Waals surface area contributed by atoms with E-state index in [9.17, 15) is 18.0 Å². The molecule has 156 valence electrons. The number of halogens is 4. The lowest BCUT2D eigenvalue weighted by Crippen LogP contribution is -2.45. The van der Waals surface area contributed by atoms with Crippen LogP contribution >= 0.6 is 15.9 Å². The second kappa shape index (κ2) is 8.36. The maximum atomic E-state index is 13.9. The van der Waals surface area contributed by atoms with Gasteiger partial charge in [0.05, 0.1) is 7.11 Å². The molecule has 0 aliphatic carbocycles. The number of hydrogen-bond donors (Lipinski definition) is 1. The van der Waals surface area contributed by atoms with E-state index in [1.807, 2.05) is 19.9 Å². The quantitative estimate of drug-likeness (QED) is 0.439. The van der Waals surface area contributed by atoms with Gasteiger partial charge in [-0.25, -0.2) is 0 Å². The summed E-state index contributed by atoms with van der Waals surface area (Å²) in [7, 11) is 1.17. The van der Waals surface area contributed by atoms with E-state index in [2.05, 4.69) is 21.2 Å². The molecule has 3 rings (SSSR count). The van der Waals surface area contributed by atoms with Crippen molar-refractivity contribution in [2.45, 2.75) is 38.5 Å². The summed E-state index contributed by atoms with van der Waals surface area (Å²) in [6.07, 6.45) is -4.38. The van der Waals surface area contributed by atoms with Crippen molar-refractivity contribution in [3.05, 3.63) is 46.4 Å². The number of nitrogens with one attached hydrogen (secondary N) is 1. The molecule has 0 saturated carbocycles. The van der Waals surface area contributed by atoms with E-state index >= 15 is 0 Å². The molecular formula is C21H21BrF3NO3. The fourth-order valence-electron chi connectivity index (χ4n) is 3.37. The zero-order valence-electron chi connectivity index (χ0n) is 16.1. The lowest BCUT2D eigenvalue weighted by molar-refractivity contribution is -0.164. The van der Waals surface area contributed by atoms with Crippen LogP contribution in [0.5, 0.6) is 0 Å². The number of ether oxygens (including phenoxy) is 1. The Kier molecular flexibility index (Phi) is 6.24. The smallest absolute Gasteiger partial charge is 0.407 e. The first-order valence-corrected chi connectivity index (χ1v) is 9.91. The fraction of sp³-hybridized carbons (Fsp3) is 0.381. The van der Waals surface area contributed by atoms with Gasteiger partial charge in [-0.15, -0.1) is 0 Å². The SMILES string of the molecule is COC(=O)[C@@H](CC(C)C)NC(c1ccc2c(c1)oc1ccc(Br)cc12)C(F)(F)F. The van der Waals surface area contributed by atoms with Crippen molar-refractivity contribution >= 4 is 43.8 Å². The van der Waals surface area contributed by atoms with Crippen LogP contribution in [0.1, 0.15) is 31.9 Å². The summed E-state index contributed by atoms with van der Waals surface area (Å²) in [5, 5.41) is 3.98. The molecule has 2 aromatic carbocycles. The molecule has 1 aromatic heterocycles. The van der Waals surface area contributed by atoms with E-state index in [4.69, 9.17) is 9.15 Å². The number of benzene rings is 2. The molecule has 0 saturated heterocycles. The van der Waals surface area contributed by atoms with Gasteiger partial charge < -0.3 is 9.15 Å². The Labute approximate surface area is 174 Å². The van der Waals surface area contributed by atoms with Gasteiger partial charge in [0, 0.05) is 15.2 Å². The molecule has 3 aromatic rings. The van der Waals surface area contributed by atoms with E-state index in [0.29, 0.717) is 11.2 Å².